The topological polar surface area (TPSA) is 95.5 Å². The Labute approximate surface area is 180 Å². The number of carbonyl (C=O) groups excluding carboxylic acids is 2. The smallest absolute Gasteiger partial charge is 0.303 e. The van der Waals surface area contributed by atoms with Gasteiger partial charge in [-0.15, -0.1) is 11.3 Å². The fourth-order valence-electron chi connectivity index (χ4n) is 3.83. The van der Waals surface area contributed by atoms with Crippen LogP contribution in [0.25, 0.3) is 0 Å². The number of hydrogen-bond donors (Lipinski definition) is 3. The van der Waals surface area contributed by atoms with E-state index in [0.717, 1.165) is 53.8 Å². The zero-order valence-corrected chi connectivity index (χ0v) is 18.2. The van der Waals surface area contributed by atoms with Gasteiger partial charge in [0.15, 0.2) is 0 Å². The van der Waals surface area contributed by atoms with Crippen LogP contribution in [0.1, 0.15) is 65.4 Å². The minimum Gasteiger partial charge on any atom is -0.481 e. The number of thiophene rings is 1. The van der Waals surface area contributed by atoms with E-state index in [1.165, 1.54) is 11.3 Å². The van der Waals surface area contributed by atoms with Crippen LogP contribution in [0.2, 0.25) is 0 Å². The van der Waals surface area contributed by atoms with Gasteiger partial charge in [-0.3, -0.25) is 14.4 Å². The summed E-state index contributed by atoms with van der Waals surface area (Å²) >= 11 is 1.48. The van der Waals surface area contributed by atoms with Crippen LogP contribution in [0.4, 0.5) is 10.7 Å². The van der Waals surface area contributed by atoms with Gasteiger partial charge in [-0.05, 0) is 55.7 Å². The standard InChI is InChI=1S/C23H28N2O4S/c1-14(13-20(27)28)12-19(26)25-23-21(16-9-4-3-5-11-18(16)30-23)22(29)24-17-10-7-6-8-15(17)2/h6-8,10,14H,3-5,9,11-13H2,1-2H3,(H,24,29)(H,25,26)(H,27,28). The van der Waals surface area contributed by atoms with E-state index in [9.17, 15) is 14.4 Å². The molecule has 1 aromatic carbocycles. The normalized spacial score (nSPS) is 14.3. The average Bonchev–Trinajstić information content (AvgIpc) is 2.83. The van der Waals surface area contributed by atoms with Gasteiger partial charge in [-0.25, -0.2) is 0 Å². The molecular weight excluding hydrogens is 400 g/mol. The highest BCUT2D eigenvalue weighted by Crippen LogP contribution is 2.38. The molecule has 0 saturated heterocycles. The number of para-hydroxylation sites is 1. The number of hydrogen-bond acceptors (Lipinski definition) is 4. The highest BCUT2D eigenvalue weighted by molar-refractivity contribution is 7.17. The summed E-state index contributed by atoms with van der Waals surface area (Å²) in [5, 5.41) is 15.4. The number of carboxylic acid groups (broad SMARTS) is 1. The van der Waals surface area contributed by atoms with Crippen LogP contribution in [0.3, 0.4) is 0 Å². The molecule has 3 N–H and O–H groups in total. The molecule has 30 heavy (non-hydrogen) atoms. The lowest BCUT2D eigenvalue weighted by atomic mass is 10.0. The second-order valence-corrected chi connectivity index (χ2v) is 9.10. The first-order valence-electron chi connectivity index (χ1n) is 10.4. The lowest BCUT2D eigenvalue weighted by molar-refractivity contribution is -0.138. The predicted octanol–water partition coefficient (Wildman–Crippen LogP) is 5.02. The van der Waals surface area contributed by atoms with Crippen LogP contribution in [0.15, 0.2) is 24.3 Å². The van der Waals surface area contributed by atoms with Crippen molar-refractivity contribution < 1.29 is 19.5 Å². The van der Waals surface area contributed by atoms with Crippen molar-refractivity contribution >= 4 is 39.8 Å². The van der Waals surface area contributed by atoms with Crippen LogP contribution in [0.5, 0.6) is 0 Å². The molecule has 1 unspecified atom stereocenters. The maximum Gasteiger partial charge on any atom is 0.303 e. The van der Waals surface area contributed by atoms with Gasteiger partial charge in [0.05, 0.1) is 5.56 Å². The first-order chi connectivity index (χ1) is 14.3. The maximum absolute atomic E-state index is 13.2. The summed E-state index contributed by atoms with van der Waals surface area (Å²) in [4.78, 5) is 37.8. The molecule has 0 saturated carbocycles. The van der Waals surface area contributed by atoms with Gasteiger partial charge in [0.1, 0.15) is 5.00 Å². The van der Waals surface area contributed by atoms with Crippen LogP contribution < -0.4 is 10.6 Å². The van der Waals surface area contributed by atoms with Gasteiger partial charge in [0.25, 0.3) is 5.91 Å². The Balaban J connectivity index is 1.86. The van der Waals surface area contributed by atoms with E-state index >= 15 is 0 Å². The van der Waals surface area contributed by atoms with E-state index in [2.05, 4.69) is 10.6 Å². The van der Waals surface area contributed by atoms with E-state index in [1.54, 1.807) is 6.92 Å². The molecule has 1 aliphatic carbocycles. The summed E-state index contributed by atoms with van der Waals surface area (Å²) in [6.45, 7) is 3.68. The van der Waals surface area contributed by atoms with Crippen molar-refractivity contribution in [3.63, 3.8) is 0 Å². The molecule has 0 bridgehead atoms. The Morgan fingerprint density at radius 2 is 1.80 bits per heavy atom. The monoisotopic (exact) mass is 428 g/mol. The van der Waals surface area contributed by atoms with Gasteiger partial charge in [0, 0.05) is 23.4 Å². The molecule has 6 nitrogen and oxygen atoms in total. The number of carbonyl (C=O) groups is 3. The van der Waals surface area contributed by atoms with Gasteiger partial charge >= 0.3 is 5.97 Å². The Kier molecular flexibility index (Phi) is 7.26. The molecule has 2 aromatic rings. The van der Waals surface area contributed by atoms with Gasteiger partial charge < -0.3 is 15.7 Å². The number of amides is 2. The minimum atomic E-state index is -0.920. The Bertz CT molecular complexity index is 951. The fourth-order valence-corrected chi connectivity index (χ4v) is 5.14. The maximum atomic E-state index is 13.2. The Hall–Kier alpha value is -2.67. The van der Waals surface area contributed by atoms with E-state index in [0.29, 0.717) is 10.6 Å². The summed E-state index contributed by atoms with van der Waals surface area (Å²) in [5.41, 5.74) is 3.32. The van der Waals surface area contributed by atoms with Crippen LogP contribution in [0, 0.1) is 12.8 Å². The Morgan fingerprint density at radius 1 is 1.07 bits per heavy atom. The summed E-state index contributed by atoms with van der Waals surface area (Å²) in [5.74, 6) is -1.66. The third kappa shape index (κ3) is 5.48. The highest BCUT2D eigenvalue weighted by Gasteiger charge is 2.26. The fraction of sp³-hybridized carbons (Fsp3) is 0.435. The number of carboxylic acids is 1. The number of rotatable bonds is 7. The second kappa shape index (κ2) is 9.89. The lowest BCUT2D eigenvalue weighted by Crippen LogP contribution is -2.20. The predicted molar refractivity (Wildman–Crippen MR) is 119 cm³/mol. The van der Waals surface area contributed by atoms with E-state index in [-0.39, 0.29) is 30.6 Å². The lowest BCUT2D eigenvalue weighted by Gasteiger charge is -2.12. The van der Waals surface area contributed by atoms with Crippen molar-refractivity contribution in [2.24, 2.45) is 5.92 Å². The van der Waals surface area contributed by atoms with Gasteiger partial charge in [0.2, 0.25) is 5.91 Å². The molecule has 160 valence electrons. The molecule has 1 atom stereocenters. The number of aliphatic carboxylic acids is 1. The first kappa shape index (κ1) is 22.0. The molecule has 0 radical (unpaired) electrons. The van der Waals surface area contributed by atoms with Crippen molar-refractivity contribution in [2.75, 3.05) is 10.6 Å². The molecule has 0 spiro atoms. The summed E-state index contributed by atoms with van der Waals surface area (Å²) in [6.07, 6.45) is 5.02. The molecule has 1 heterocycles. The summed E-state index contributed by atoms with van der Waals surface area (Å²) < 4.78 is 0. The van der Waals surface area contributed by atoms with Crippen molar-refractivity contribution in [2.45, 2.75) is 58.8 Å². The van der Waals surface area contributed by atoms with Crippen molar-refractivity contribution in [3.8, 4) is 0 Å². The number of aryl methyl sites for hydroxylation is 2. The van der Waals surface area contributed by atoms with Crippen LogP contribution in [-0.4, -0.2) is 22.9 Å². The van der Waals surface area contributed by atoms with E-state index in [1.807, 2.05) is 31.2 Å². The zero-order valence-electron chi connectivity index (χ0n) is 17.4. The molecule has 2 amide bonds. The highest BCUT2D eigenvalue weighted by atomic mass is 32.1. The number of benzene rings is 1. The molecular formula is C23H28N2O4S. The van der Waals surface area contributed by atoms with Crippen molar-refractivity contribution in [1.82, 2.24) is 0 Å². The molecule has 1 aliphatic rings. The molecule has 3 rings (SSSR count). The molecule has 1 aromatic heterocycles. The average molecular weight is 429 g/mol. The van der Waals surface area contributed by atoms with Gasteiger partial charge in [-0.2, -0.15) is 0 Å². The number of fused-ring (bicyclic) bond motifs is 1. The van der Waals surface area contributed by atoms with Crippen molar-refractivity contribution in [3.05, 3.63) is 45.8 Å². The zero-order chi connectivity index (χ0) is 21.7. The number of nitrogens with one attached hydrogen (secondary N) is 2. The SMILES string of the molecule is Cc1ccccc1NC(=O)c1c(NC(=O)CC(C)CC(=O)O)sc2c1CCCCC2. The third-order valence-corrected chi connectivity index (χ3v) is 6.56. The van der Waals surface area contributed by atoms with Crippen LogP contribution in [-0.2, 0) is 22.4 Å². The Morgan fingerprint density at radius 3 is 2.53 bits per heavy atom. The third-order valence-electron chi connectivity index (χ3n) is 5.35. The van der Waals surface area contributed by atoms with E-state index in [4.69, 9.17) is 5.11 Å². The molecule has 0 aliphatic heterocycles. The van der Waals surface area contributed by atoms with Crippen LogP contribution >= 0.6 is 11.3 Å². The summed E-state index contributed by atoms with van der Waals surface area (Å²) in [6, 6.07) is 7.61. The minimum absolute atomic E-state index is 0.0605. The molecule has 7 heteroatoms. The first-order valence-corrected chi connectivity index (χ1v) is 11.2. The molecule has 0 fully saturated rings. The van der Waals surface area contributed by atoms with Crippen molar-refractivity contribution in [1.29, 1.82) is 0 Å². The van der Waals surface area contributed by atoms with E-state index < -0.39 is 5.97 Å². The van der Waals surface area contributed by atoms with Gasteiger partial charge in [-0.1, -0.05) is 31.5 Å². The largest absolute Gasteiger partial charge is 0.481 e. The number of anilines is 2. The quantitative estimate of drug-likeness (QED) is 0.540. The second-order valence-electron chi connectivity index (χ2n) is 7.99. The summed E-state index contributed by atoms with van der Waals surface area (Å²) in [7, 11) is 0.